The second kappa shape index (κ2) is 6.72. The van der Waals surface area contributed by atoms with Crippen molar-refractivity contribution in [3.8, 4) is 0 Å². The molecule has 0 spiro atoms. The third-order valence-electron chi connectivity index (χ3n) is 4.23. The Balaban J connectivity index is 1.80. The lowest BCUT2D eigenvalue weighted by atomic mass is 9.78. The molecule has 1 saturated carbocycles. The zero-order chi connectivity index (χ0) is 12.8. The first kappa shape index (κ1) is 13.3. The molecule has 1 aromatic carbocycles. The van der Waals surface area contributed by atoms with Crippen molar-refractivity contribution in [2.45, 2.75) is 51.9 Å². The number of carbonyl (C=O) groups is 1. The average Bonchev–Trinajstić information content (AvgIpc) is 2.42. The van der Waals surface area contributed by atoms with Crippen molar-refractivity contribution in [2.24, 2.45) is 11.8 Å². The molecule has 0 aromatic heterocycles. The zero-order valence-corrected chi connectivity index (χ0v) is 11.4. The molecule has 0 saturated heterocycles. The van der Waals surface area contributed by atoms with Crippen LogP contribution in [0.2, 0.25) is 0 Å². The average molecular weight is 244 g/mol. The van der Waals surface area contributed by atoms with E-state index in [0.29, 0.717) is 11.7 Å². The molecule has 1 aromatic rings. The van der Waals surface area contributed by atoms with Gasteiger partial charge < -0.3 is 0 Å². The van der Waals surface area contributed by atoms with Gasteiger partial charge in [0.25, 0.3) is 0 Å². The van der Waals surface area contributed by atoms with Gasteiger partial charge in [-0.05, 0) is 24.7 Å². The number of carbonyl (C=O) groups excluding carboxylic acids is 1. The van der Waals surface area contributed by atoms with Gasteiger partial charge in [-0.1, -0.05) is 62.9 Å². The number of ketones is 1. The van der Waals surface area contributed by atoms with Crippen molar-refractivity contribution >= 4 is 5.78 Å². The number of rotatable bonds is 5. The van der Waals surface area contributed by atoms with Gasteiger partial charge in [-0.2, -0.15) is 0 Å². The monoisotopic (exact) mass is 244 g/mol. The minimum Gasteiger partial charge on any atom is -0.294 e. The minimum atomic E-state index is 0.328. The van der Waals surface area contributed by atoms with Gasteiger partial charge in [0.2, 0.25) is 0 Å². The quantitative estimate of drug-likeness (QED) is 0.676. The van der Waals surface area contributed by atoms with Crippen molar-refractivity contribution in [2.75, 3.05) is 0 Å². The lowest BCUT2D eigenvalue weighted by Gasteiger charge is -2.27. The second-order valence-electron chi connectivity index (χ2n) is 5.67. The van der Waals surface area contributed by atoms with Gasteiger partial charge in [-0.3, -0.25) is 4.79 Å². The number of benzene rings is 1. The molecule has 0 radical (unpaired) electrons. The molecule has 0 bridgehead atoms. The maximum absolute atomic E-state index is 12.1. The van der Waals surface area contributed by atoms with E-state index >= 15 is 0 Å². The second-order valence-corrected chi connectivity index (χ2v) is 5.67. The van der Waals surface area contributed by atoms with Crippen LogP contribution < -0.4 is 0 Å². The highest BCUT2D eigenvalue weighted by molar-refractivity contribution is 5.96. The molecule has 0 atom stereocenters. The maximum atomic E-state index is 12.1. The molecular weight excluding hydrogens is 220 g/mol. The fourth-order valence-electron chi connectivity index (χ4n) is 3.14. The Morgan fingerprint density at radius 2 is 1.67 bits per heavy atom. The molecule has 18 heavy (non-hydrogen) atoms. The molecule has 0 amide bonds. The summed E-state index contributed by atoms with van der Waals surface area (Å²) < 4.78 is 0. The van der Waals surface area contributed by atoms with Crippen molar-refractivity contribution < 1.29 is 4.79 Å². The Bertz CT molecular complexity index is 360. The molecule has 0 N–H and O–H groups in total. The van der Waals surface area contributed by atoms with Gasteiger partial charge >= 0.3 is 0 Å². The van der Waals surface area contributed by atoms with Crippen molar-refractivity contribution in [3.05, 3.63) is 35.9 Å². The fourth-order valence-corrected chi connectivity index (χ4v) is 3.14. The molecule has 1 heteroatoms. The summed E-state index contributed by atoms with van der Waals surface area (Å²) in [5.41, 5.74) is 0.883. The standard InChI is InChI=1S/C17H24O/c1-2-6-14-9-11-15(12-10-14)13-17(18)16-7-4-3-5-8-16/h3-5,7-8,14-15H,2,6,9-13H2,1H3/t14-,15-. The molecule has 0 aliphatic heterocycles. The first-order valence-corrected chi connectivity index (χ1v) is 7.37. The van der Waals surface area contributed by atoms with Gasteiger partial charge in [0.05, 0.1) is 0 Å². The van der Waals surface area contributed by atoms with E-state index in [0.717, 1.165) is 17.9 Å². The van der Waals surface area contributed by atoms with E-state index in [2.05, 4.69) is 6.92 Å². The smallest absolute Gasteiger partial charge is 0.163 e. The van der Waals surface area contributed by atoms with Crippen LogP contribution in [0.15, 0.2) is 30.3 Å². The first-order chi connectivity index (χ1) is 8.79. The predicted octanol–water partition coefficient (Wildman–Crippen LogP) is 4.87. The molecule has 0 heterocycles. The molecule has 98 valence electrons. The van der Waals surface area contributed by atoms with E-state index in [-0.39, 0.29) is 0 Å². The Hall–Kier alpha value is -1.11. The highest BCUT2D eigenvalue weighted by Gasteiger charge is 2.22. The van der Waals surface area contributed by atoms with E-state index in [1.165, 1.54) is 38.5 Å². The van der Waals surface area contributed by atoms with Gasteiger partial charge in [0, 0.05) is 12.0 Å². The predicted molar refractivity (Wildman–Crippen MR) is 75.7 cm³/mol. The molecule has 1 fully saturated rings. The number of hydrogen-bond donors (Lipinski definition) is 0. The van der Waals surface area contributed by atoms with Gasteiger partial charge in [0.15, 0.2) is 5.78 Å². The summed E-state index contributed by atoms with van der Waals surface area (Å²) in [4.78, 5) is 12.1. The number of hydrogen-bond acceptors (Lipinski definition) is 1. The summed E-state index contributed by atoms with van der Waals surface area (Å²) >= 11 is 0. The van der Waals surface area contributed by atoms with Crippen LogP contribution in [0, 0.1) is 11.8 Å². The molecule has 1 aliphatic carbocycles. The normalized spacial score (nSPS) is 23.8. The lowest BCUT2D eigenvalue weighted by molar-refractivity contribution is 0.0942. The van der Waals surface area contributed by atoms with Crippen LogP contribution in [0.25, 0.3) is 0 Å². The number of Topliss-reactive ketones (excluding diaryl/α,β-unsaturated/α-hetero) is 1. The molecule has 1 nitrogen and oxygen atoms in total. The SMILES string of the molecule is CCC[C@H]1CC[C@H](CC(=O)c2ccccc2)CC1. The van der Waals surface area contributed by atoms with Crippen LogP contribution in [0.5, 0.6) is 0 Å². The van der Waals surface area contributed by atoms with Crippen LogP contribution >= 0.6 is 0 Å². The Morgan fingerprint density at radius 1 is 1.06 bits per heavy atom. The Kier molecular flexibility index (Phi) is 4.98. The van der Waals surface area contributed by atoms with Gasteiger partial charge in [-0.15, -0.1) is 0 Å². The van der Waals surface area contributed by atoms with E-state index in [4.69, 9.17) is 0 Å². The fraction of sp³-hybridized carbons (Fsp3) is 0.588. The van der Waals surface area contributed by atoms with E-state index in [1.54, 1.807) is 0 Å². The summed E-state index contributed by atoms with van der Waals surface area (Å²) in [7, 11) is 0. The summed E-state index contributed by atoms with van der Waals surface area (Å²) in [5, 5.41) is 0. The Labute approximate surface area is 111 Å². The van der Waals surface area contributed by atoms with E-state index in [9.17, 15) is 4.79 Å². The van der Waals surface area contributed by atoms with Gasteiger partial charge in [-0.25, -0.2) is 0 Å². The van der Waals surface area contributed by atoms with Crippen LogP contribution in [0.3, 0.4) is 0 Å². The van der Waals surface area contributed by atoms with Crippen molar-refractivity contribution in [1.82, 2.24) is 0 Å². The largest absolute Gasteiger partial charge is 0.294 e. The van der Waals surface area contributed by atoms with Crippen LogP contribution in [0.4, 0.5) is 0 Å². The summed E-state index contributed by atoms with van der Waals surface area (Å²) in [6, 6.07) is 9.74. The highest BCUT2D eigenvalue weighted by Crippen LogP contribution is 2.33. The summed E-state index contributed by atoms with van der Waals surface area (Å²) in [5.74, 6) is 1.89. The Morgan fingerprint density at radius 3 is 2.28 bits per heavy atom. The van der Waals surface area contributed by atoms with Gasteiger partial charge in [0.1, 0.15) is 0 Å². The summed E-state index contributed by atoms with van der Waals surface area (Å²) in [6.07, 6.45) is 8.61. The summed E-state index contributed by atoms with van der Waals surface area (Å²) in [6.45, 7) is 2.27. The van der Waals surface area contributed by atoms with E-state index < -0.39 is 0 Å². The molecule has 2 rings (SSSR count). The van der Waals surface area contributed by atoms with Crippen LogP contribution in [-0.2, 0) is 0 Å². The van der Waals surface area contributed by atoms with Crippen LogP contribution in [0.1, 0.15) is 62.2 Å². The zero-order valence-electron chi connectivity index (χ0n) is 11.4. The molecular formula is C17H24O. The topological polar surface area (TPSA) is 17.1 Å². The minimum absolute atomic E-state index is 0.328. The molecule has 1 aliphatic rings. The van der Waals surface area contributed by atoms with Crippen molar-refractivity contribution in [1.29, 1.82) is 0 Å². The molecule has 0 unspecified atom stereocenters. The van der Waals surface area contributed by atoms with Crippen LogP contribution in [-0.4, -0.2) is 5.78 Å². The third kappa shape index (κ3) is 3.69. The first-order valence-electron chi connectivity index (χ1n) is 7.37. The maximum Gasteiger partial charge on any atom is 0.163 e. The van der Waals surface area contributed by atoms with E-state index in [1.807, 2.05) is 30.3 Å². The third-order valence-corrected chi connectivity index (χ3v) is 4.23. The van der Waals surface area contributed by atoms with Crippen molar-refractivity contribution in [3.63, 3.8) is 0 Å². The highest BCUT2D eigenvalue weighted by atomic mass is 16.1. The lowest BCUT2D eigenvalue weighted by Crippen LogP contribution is -2.17.